The summed E-state index contributed by atoms with van der Waals surface area (Å²) < 4.78 is 11.2. The number of methoxy groups -OCH3 is 2. The van der Waals surface area contributed by atoms with E-state index in [-0.39, 0.29) is 23.3 Å². The van der Waals surface area contributed by atoms with Crippen LogP contribution in [0.25, 0.3) is 10.9 Å². The zero-order valence-electron chi connectivity index (χ0n) is 21.3. The third kappa shape index (κ3) is 4.67. The lowest BCUT2D eigenvalue weighted by molar-refractivity contribution is 0.0651. The summed E-state index contributed by atoms with van der Waals surface area (Å²) in [6.07, 6.45) is 1.45. The largest absolute Gasteiger partial charge is 0.493 e. The normalized spacial score (nSPS) is 14.3. The maximum absolute atomic E-state index is 12.6. The van der Waals surface area contributed by atoms with Crippen molar-refractivity contribution in [2.45, 2.75) is 52.0 Å². The van der Waals surface area contributed by atoms with E-state index in [1.165, 1.54) is 4.90 Å². The van der Waals surface area contributed by atoms with Gasteiger partial charge in [0.15, 0.2) is 11.5 Å². The van der Waals surface area contributed by atoms with E-state index in [9.17, 15) is 9.59 Å². The molecule has 0 saturated carbocycles. The van der Waals surface area contributed by atoms with Crippen molar-refractivity contribution >= 4 is 28.4 Å². The highest BCUT2D eigenvalue weighted by molar-refractivity contribution is 6.21. The summed E-state index contributed by atoms with van der Waals surface area (Å²) in [6.45, 7) is 8.88. The molecule has 0 spiro atoms. The van der Waals surface area contributed by atoms with Crippen LogP contribution < -0.4 is 14.8 Å². The fourth-order valence-electron chi connectivity index (χ4n) is 4.47. The SMILES string of the molecule is COc1cc(NC(C)CCCN2C(=O)c3ccccc3C2=O)c2nc(C(C)(C)C)ccc2c1OC. The molecule has 1 aromatic heterocycles. The average molecular weight is 476 g/mol. The lowest BCUT2D eigenvalue weighted by atomic mass is 9.91. The third-order valence-electron chi connectivity index (χ3n) is 6.39. The van der Waals surface area contributed by atoms with Gasteiger partial charge in [-0.1, -0.05) is 32.9 Å². The van der Waals surface area contributed by atoms with Crippen LogP contribution in [-0.2, 0) is 5.41 Å². The second-order valence-corrected chi connectivity index (χ2v) is 10.00. The Morgan fingerprint density at radius 1 is 1.00 bits per heavy atom. The lowest BCUT2D eigenvalue weighted by Gasteiger charge is -2.23. The van der Waals surface area contributed by atoms with Crippen LogP contribution in [0.4, 0.5) is 5.69 Å². The maximum Gasteiger partial charge on any atom is 0.261 e. The zero-order chi connectivity index (χ0) is 25.3. The summed E-state index contributed by atoms with van der Waals surface area (Å²) in [5, 5.41) is 4.44. The van der Waals surface area contributed by atoms with Crippen LogP contribution in [0.3, 0.4) is 0 Å². The van der Waals surface area contributed by atoms with Crippen LogP contribution >= 0.6 is 0 Å². The summed E-state index contributed by atoms with van der Waals surface area (Å²) >= 11 is 0. The molecule has 184 valence electrons. The molecule has 0 saturated heterocycles. The molecule has 35 heavy (non-hydrogen) atoms. The number of nitrogens with zero attached hydrogens (tertiary/aromatic N) is 2. The van der Waals surface area contributed by atoms with Gasteiger partial charge in [0, 0.05) is 35.1 Å². The number of pyridine rings is 1. The number of carbonyl (C=O) groups is 2. The first-order chi connectivity index (χ1) is 16.7. The Morgan fingerprint density at radius 3 is 2.23 bits per heavy atom. The molecule has 0 bridgehead atoms. The molecule has 1 N–H and O–H groups in total. The highest BCUT2D eigenvalue weighted by Gasteiger charge is 2.34. The minimum atomic E-state index is -0.212. The molecule has 7 nitrogen and oxygen atoms in total. The number of carbonyl (C=O) groups excluding carboxylic acids is 2. The topological polar surface area (TPSA) is 80.8 Å². The quantitative estimate of drug-likeness (QED) is 0.438. The molecule has 4 rings (SSSR count). The van der Waals surface area contributed by atoms with Crippen molar-refractivity contribution in [3.05, 3.63) is 59.3 Å². The summed E-state index contributed by atoms with van der Waals surface area (Å²) in [7, 11) is 3.25. The number of imide groups is 1. The van der Waals surface area contributed by atoms with E-state index < -0.39 is 0 Å². The van der Waals surface area contributed by atoms with E-state index in [1.54, 1.807) is 38.5 Å². The van der Waals surface area contributed by atoms with Gasteiger partial charge in [0.05, 0.1) is 36.6 Å². The minimum absolute atomic E-state index is 0.0755. The van der Waals surface area contributed by atoms with E-state index in [0.717, 1.165) is 28.7 Å². The average Bonchev–Trinajstić information content (AvgIpc) is 3.08. The van der Waals surface area contributed by atoms with Gasteiger partial charge in [-0.15, -0.1) is 0 Å². The van der Waals surface area contributed by atoms with Gasteiger partial charge < -0.3 is 14.8 Å². The van der Waals surface area contributed by atoms with E-state index >= 15 is 0 Å². The standard InChI is InChI=1S/C28H33N3O4/c1-17(10-9-15-31-26(32)18-11-7-8-12-19(18)27(31)33)29-21-16-22(34-5)25(35-6)20-13-14-23(28(2,3)4)30-24(20)21/h7-8,11-14,16-17,29H,9-10,15H2,1-6H3. The molecule has 0 aliphatic carbocycles. The Balaban J connectivity index is 1.52. The van der Waals surface area contributed by atoms with Crippen LogP contribution in [0.15, 0.2) is 42.5 Å². The molecule has 2 aromatic carbocycles. The molecule has 2 amide bonds. The molecule has 1 unspecified atom stereocenters. The summed E-state index contributed by atoms with van der Waals surface area (Å²) in [6, 6.07) is 13.0. The third-order valence-corrected chi connectivity index (χ3v) is 6.39. The first kappa shape index (κ1) is 24.5. The van der Waals surface area contributed by atoms with Crippen LogP contribution in [0.2, 0.25) is 0 Å². The number of hydrogen-bond donors (Lipinski definition) is 1. The first-order valence-corrected chi connectivity index (χ1v) is 11.9. The lowest BCUT2D eigenvalue weighted by Crippen LogP contribution is -2.31. The van der Waals surface area contributed by atoms with E-state index in [2.05, 4.69) is 33.0 Å². The van der Waals surface area contributed by atoms with Gasteiger partial charge in [-0.3, -0.25) is 14.5 Å². The zero-order valence-corrected chi connectivity index (χ0v) is 21.3. The highest BCUT2D eigenvalue weighted by Crippen LogP contribution is 2.40. The van der Waals surface area contributed by atoms with Crippen molar-refractivity contribution < 1.29 is 19.1 Å². The molecule has 1 atom stereocenters. The second-order valence-electron chi connectivity index (χ2n) is 10.00. The van der Waals surface area contributed by atoms with Gasteiger partial charge in [-0.2, -0.15) is 0 Å². The smallest absolute Gasteiger partial charge is 0.261 e. The Morgan fingerprint density at radius 2 is 1.66 bits per heavy atom. The van der Waals surface area contributed by atoms with E-state index in [4.69, 9.17) is 14.5 Å². The number of ether oxygens (including phenoxy) is 2. The van der Waals surface area contributed by atoms with Crippen molar-refractivity contribution in [2.75, 3.05) is 26.1 Å². The molecule has 3 aromatic rings. The van der Waals surface area contributed by atoms with Gasteiger partial charge >= 0.3 is 0 Å². The Bertz CT molecular complexity index is 1240. The Kier molecular flexibility index (Phi) is 6.70. The molecule has 1 aliphatic heterocycles. The number of amides is 2. The highest BCUT2D eigenvalue weighted by atomic mass is 16.5. The monoisotopic (exact) mass is 475 g/mol. The fourth-order valence-corrected chi connectivity index (χ4v) is 4.47. The summed E-state index contributed by atoms with van der Waals surface area (Å²) in [5.74, 6) is 0.859. The van der Waals surface area contributed by atoms with Gasteiger partial charge in [0.1, 0.15) is 0 Å². The van der Waals surface area contributed by atoms with Crippen LogP contribution in [-0.4, -0.2) is 48.5 Å². The van der Waals surface area contributed by atoms with Crippen molar-refractivity contribution in [1.29, 1.82) is 0 Å². The van der Waals surface area contributed by atoms with Gasteiger partial charge in [0.25, 0.3) is 11.8 Å². The predicted molar refractivity (Wildman–Crippen MR) is 138 cm³/mol. The molecule has 0 radical (unpaired) electrons. The number of hydrogen-bond acceptors (Lipinski definition) is 6. The summed E-state index contributed by atoms with van der Waals surface area (Å²) in [4.78, 5) is 31.6. The second kappa shape index (κ2) is 9.56. The number of nitrogens with one attached hydrogen (secondary N) is 1. The Hall–Kier alpha value is -3.61. The van der Waals surface area contributed by atoms with Crippen LogP contribution in [0.1, 0.15) is 66.9 Å². The van der Waals surface area contributed by atoms with Crippen LogP contribution in [0, 0.1) is 0 Å². The molecule has 1 aliphatic rings. The van der Waals surface area contributed by atoms with Gasteiger partial charge in [-0.05, 0) is 44.0 Å². The van der Waals surface area contributed by atoms with Crippen molar-refractivity contribution in [3.63, 3.8) is 0 Å². The number of aromatic nitrogens is 1. The Labute approximate surface area is 206 Å². The number of fused-ring (bicyclic) bond motifs is 2. The minimum Gasteiger partial charge on any atom is -0.493 e. The van der Waals surface area contributed by atoms with Gasteiger partial charge in [-0.25, -0.2) is 4.98 Å². The number of anilines is 1. The predicted octanol–water partition coefficient (Wildman–Crippen LogP) is 5.43. The molecular formula is C28H33N3O4. The molecule has 0 fully saturated rings. The van der Waals surface area contributed by atoms with Crippen LogP contribution in [0.5, 0.6) is 11.5 Å². The number of rotatable bonds is 8. The fraction of sp³-hybridized carbons (Fsp3) is 0.393. The van der Waals surface area contributed by atoms with Crippen molar-refractivity contribution in [1.82, 2.24) is 9.88 Å². The molecule has 7 heteroatoms. The van der Waals surface area contributed by atoms with Gasteiger partial charge in [0.2, 0.25) is 0 Å². The van der Waals surface area contributed by atoms with E-state index in [0.29, 0.717) is 35.6 Å². The molecule has 2 heterocycles. The first-order valence-electron chi connectivity index (χ1n) is 11.9. The van der Waals surface area contributed by atoms with Crippen molar-refractivity contribution in [2.24, 2.45) is 0 Å². The maximum atomic E-state index is 12.6. The van der Waals surface area contributed by atoms with Crippen molar-refractivity contribution in [3.8, 4) is 11.5 Å². The molecular weight excluding hydrogens is 442 g/mol. The van der Waals surface area contributed by atoms with E-state index in [1.807, 2.05) is 18.2 Å². The summed E-state index contributed by atoms with van der Waals surface area (Å²) in [5.41, 5.74) is 3.54. The number of benzene rings is 2.